The summed E-state index contributed by atoms with van der Waals surface area (Å²) in [6.07, 6.45) is 0.604. The number of likely N-dealkylation sites (N-methyl/N-ethyl adjacent to an activating group) is 1. The summed E-state index contributed by atoms with van der Waals surface area (Å²) < 4.78 is 1.69. The number of benzene rings is 4. The Morgan fingerprint density at radius 1 is 0.795 bits per heavy atom. The van der Waals surface area contributed by atoms with Gasteiger partial charge in [-0.05, 0) is 55.7 Å². The molecule has 0 saturated carbocycles. The molecule has 0 aliphatic rings. The highest BCUT2D eigenvalue weighted by molar-refractivity contribution is 5.87. The third kappa shape index (κ3) is 5.13. The Bertz CT molecular complexity index is 1590. The van der Waals surface area contributed by atoms with Crippen LogP contribution in [0.5, 0.6) is 0 Å². The van der Waals surface area contributed by atoms with Gasteiger partial charge in [0.1, 0.15) is 5.82 Å². The van der Waals surface area contributed by atoms with Gasteiger partial charge in [0.25, 0.3) is 5.56 Å². The SMILES string of the molecule is CCC(c1nc2ccccc2c(=O)n1-c1ccc(C)cc1)N(CC)C(=O)C(c1ccccc1)c1ccccc1. The van der Waals surface area contributed by atoms with Gasteiger partial charge in [-0.3, -0.25) is 14.2 Å². The van der Waals surface area contributed by atoms with Crippen molar-refractivity contribution in [3.63, 3.8) is 0 Å². The van der Waals surface area contributed by atoms with E-state index in [4.69, 9.17) is 4.98 Å². The molecule has 5 nitrogen and oxygen atoms in total. The van der Waals surface area contributed by atoms with Crippen LogP contribution >= 0.6 is 0 Å². The molecule has 5 aromatic rings. The van der Waals surface area contributed by atoms with Crippen LogP contribution in [0.3, 0.4) is 0 Å². The molecule has 0 aliphatic carbocycles. The number of para-hydroxylation sites is 1. The van der Waals surface area contributed by atoms with Gasteiger partial charge in [-0.15, -0.1) is 0 Å². The largest absolute Gasteiger partial charge is 0.332 e. The summed E-state index contributed by atoms with van der Waals surface area (Å²) in [5.74, 6) is 0.0844. The average molecular weight is 516 g/mol. The highest BCUT2D eigenvalue weighted by atomic mass is 16.2. The zero-order valence-electron chi connectivity index (χ0n) is 22.6. The summed E-state index contributed by atoms with van der Waals surface area (Å²) >= 11 is 0. The van der Waals surface area contributed by atoms with Gasteiger partial charge < -0.3 is 4.90 Å². The molecule has 4 aromatic carbocycles. The maximum Gasteiger partial charge on any atom is 0.266 e. The lowest BCUT2D eigenvalue weighted by atomic mass is 9.89. The summed E-state index contributed by atoms with van der Waals surface area (Å²) in [6.45, 7) is 6.53. The molecule has 5 heteroatoms. The number of nitrogens with zero attached hydrogens (tertiary/aromatic N) is 3. The zero-order chi connectivity index (χ0) is 27.4. The molecule has 1 amide bonds. The van der Waals surface area contributed by atoms with E-state index >= 15 is 0 Å². The summed E-state index contributed by atoms with van der Waals surface area (Å²) in [5.41, 5.74) is 4.21. The molecule has 0 N–H and O–H groups in total. The van der Waals surface area contributed by atoms with E-state index in [1.165, 1.54) is 0 Å². The molecular formula is C34H33N3O2. The number of fused-ring (bicyclic) bond motifs is 1. The lowest BCUT2D eigenvalue weighted by molar-refractivity contribution is -0.134. The molecule has 0 bridgehead atoms. The maximum atomic E-state index is 14.5. The van der Waals surface area contributed by atoms with Gasteiger partial charge in [0.2, 0.25) is 5.91 Å². The third-order valence-corrected chi connectivity index (χ3v) is 7.29. The molecular weight excluding hydrogens is 482 g/mol. The van der Waals surface area contributed by atoms with Crippen LogP contribution in [0.1, 0.15) is 54.7 Å². The summed E-state index contributed by atoms with van der Waals surface area (Å²) in [5, 5.41) is 0.553. The second-order valence-electron chi connectivity index (χ2n) is 9.77. The molecule has 39 heavy (non-hydrogen) atoms. The summed E-state index contributed by atoms with van der Waals surface area (Å²) in [4.78, 5) is 35.3. The van der Waals surface area contributed by atoms with Gasteiger partial charge in [0.05, 0.1) is 28.6 Å². The van der Waals surface area contributed by atoms with E-state index in [1.54, 1.807) is 4.57 Å². The van der Waals surface area contributed by atoms with E-state index in [0.29, 0.717) is 29.7 Å². The van der Waals surface area contributed by atoms with Crippen LogP contribution in [0.2, 0.25) is 0 Å². The van der Waals surface area contributed by atoms with Gasteiger partial charge in [-0.25, -0.2) is 4.98 Å². The first-order valence-electron chi connectivity index (χ1n) is 13.5. The average Bonchev–Trinajstić information content (AvgIpc) is 2.97. The van der Waals surface area contributed by atoms with E-state index in [9.17, 15) is 9.59 Å². The smallest absolute Gasteiger partial charge is 0.266 e. The second-order valence-corrected chi connectivity index (χ2v) is 9.77. The van der Waals surface area contributed by atoms with E-state index in [2.05, 4.69) is 0 Å². The van der Waals surface area contributed by atoms with Crippen molar-refractivity contribution in [2.75, 3.05) is 6.54 Å². The van der Waals surface area contributed by atoms with Gasteiger partial charge in [-0.2, -0.15) is 0 Å². The maximum absolute atomic E-state index is 14.5. The van der Waals surface area contributed by atoms with Crippen LogP contribution in [0.15, 0.2) is 114 Å². The van der Waals surface area contributed by atoms with Crippen molar-refractivity contribution >= 4 is 16.8 Å². The van der Waals surface area contributed by atoms with Crippen molar-refractivity contribution in [2.24, 2.45) is 0 Å². The number of hydrogen-bond acceptors (Lipinski definition) is 3. The van der Waals surface area contributed by atoms with Crippen LogP contribution in [0.4, 0.5) is 0 Å². The van der Waals surface area contributed by atoms with E-state index in [1.807, 2.05) is 135 Å². The Hall–Kier alpha value is -4.51. The Morgan fingerprint density at radius 3 is 1.92 bits per heavy atom. The summed E-state index contributed by atoms with van der Waals surface area (Å²) in [7, 11) is 0. The van der Waals surface area contributed by atoms with Crippen molar-refractivity contribution in [1.82, 2.24) is 14.5 Å². The molecule has 0 aliphatic heterocycles. The lowest BCUT2D eigenvalue weighted by Crippen LogP contribution is -2.41. The highest BCUT2D eigenvalue weighted by Gasteiger charge is 2.33. The van der Waals surface area contributed by atoms with Crippen LogP contribution in [-0.2, 0) is 4.79 Å². The number of amides is 1. The number of aryl methyl sites for hydroxylation is 1. The Kier molecular flexibility index (Phi) is 7.69. The van der Waals surface area contributed by atoms with E-state index < -0.39 is 12.0 Å². The van der Waals surface area contributed by atoms with Crippen molar-refractivity contribution in [1.29, 1.82) is 0 Å². The third-order valence-electron chi connectivity index (χ3n) is 7.29. The monoisotopic (exact) mass is 515 g/mol. The van der Waals surface area contributed by atoms with E-state index in [-0.39, 0.29) is 11.5 Å². The first-order valence-corrected chi connectivity index (χ1v) is 13.5. The number of rotatable bonds is 8. The molecule has 1 aromatic heterocycles. The Balaban J connectivity index is 1.69. The van der Waals surface area contributed by atoms with Crippen LogP contribution in [0, 0.1) is 6.92 Å². The standard InChI is InChI=1S/C34H33N3O2/c1-4-30(36(5-2)34(39)31(25-14-8-6-9-15-25)26-16-10-7-11-17-26)32-35-29-19-13-12-18-28(29)33(38)37(32)27-22-20-24(3)21-23-27/h6-23,30-31H,4-5H2,1-3H3. The van der Waals surface area contributed by atoms with Crippen molar-refractivity contribution in [2.45, 2.75) is 39.2 Å². The van der Waals surface area contributed by atoms with Gasteiger partial charge in [-0.1, -0.05) is 97.4 Å². The molecule has 196 valence electrons. The van der Waals surface area contributed by atoms with E-state index in [0.717, 1.165) is 22.4 Å². The number of hydrogen-bond donors (Lipinski definition) is 0. The minimum absolute atomic E-state index is 0.0142. The quantitative estimate of drug-likeness (QED) is 0.228. The van der Waals surface area contributed by atoms with Crippen LogP contribution < -0.4 is 5.56 Å². The van der Waals surface area contributed by atoms with Crippen molar-refractivity contribution in [3.05, 3.63) is 142 Å². The molecule has 0 fully saturated rings. The number of carbonyl (C=O) groups excluding carboxylic acids is 1. The fourth-order valence-corrected chi connectivity index (χ4v) is 5.32. The zero-order valence-corrected chi connectivity index (χ0v) is 22.6. The fourth-order valence-electron chi connectivity index (χ4n) is 5.32. The molecule has 5 rings (SSSR count). The normalized spacial score (nSPS) is 12.0. The number of carbonyl (C=O) groups is 1. The van der Waals surface area contributed by atoms with Gasteiger partial charge in [0, 0.05) is 6.54 Å². The highest BCUT2D eigenvalue weighted by Crippen LogP contribution is 2.32. The number of aromatic nitrogens is 2. The molecule has 0 spiro atoms. The predicted octanol–water partition coefficient (Wildman–Crippen LogP) is 6.83. The molecule has 1 atom stereocenters. The van der Waals surface area contributed by atoms with Gasteiger partial charge >= 0.3 is 0 Å². The molecule has 1 unspecified atom stereocenters. The van der Waals surface area contributed by atoms with Crippen molar-refractivity contribution < 1.29 is 4.79 Å². The lowest BCUT2D eigenvalue weighted by Gasteiger charge is -2.34. The molecule has 0 saturated heterocycles. The summed E-state index contributed by atoms with van der Waals surface area (Å²) in [6, 6.07) is 34.7. The molecule has 0 radical (unpaired) electrons. The first kappa shape index (κ1) is 26.1. The first-order chi connectivity index (χ1) is 19.0. The topological polar surface area (TPSA) is 55.2 Å². The predicted molar refractivity (Wildman–Crippen MR) is 157 cm³/mol. The minimum atomic E-state index is -0.471. The van der Waals surface area contributed by atoms with Crippen LogP contribution in [-0.4, -0.2) is 26.9 Å². The Labute approximate surface area is 229 Å². The Morgan fingerprint density at radius 2 is 1.36 bits per heavy atom. The minimum Gasteiger partial charge on any atom is -0.332 e. The molecule has 1 heterocycles. The van der Waals surface area contributed by atoms with Crippen molar-refractivity contribution in [3.8, 4) is 5.69 Å². The van der Waals surface area contributed by atoms with Gasteiger partial charge in [0.15, 0.2) is 0 Å². The van der Waals surface area contributed by atoms with Crippen LogP contribution in [0.25, 0.3) is 16.6 Å². The fraction of sp³-hybridized carbons (Fsp3) is 0.206. The second kappa shape index (κ2) is 11.5.